The van der Waals surface area contributed by atoms with E-state index in [2.05, 4.69) is 16.7 Å². The van der Waals surface area contributed by atoms with E-state index >= 15 is 0 Å². The van der Waals surface area contributed by atoms with Gasteiger partial charge in [0.15, 0.2) is 5.78 Å². The molecule has 1 saturated heterocycles. The Morgan fingerprint density at radius 2 is 1.74 bits per heavy atom. The minimum atomic E-state index is -1.16. The van der Waals surface area contributed by atoms with Gasteiger partial charge in [0.05, 0.1) is 5.57 Å². The minimum absolute atomic E-state index is 0.0457. The van der Waals surface area contributed by atoms with Crippen LogP contribution in [0.2, 0.25) is 0 Å². The number of carbonyl (C=O) groups excluding carboxylic acids is 3. The average Bonchev–Trinajstić information content (AvgIpc) is 3.37. The minimum Gasteiger partial charge on any atom is -0.428 e. The number of ether oxygens (including phenoxy) is 3. The van der Waals surface area contributed by atoms with Gasteiger partial charge in [-0.25, -0.2) is 19.4 Å². The topological polar surface area (TPSA) is 104 Å². The highest BCUT2D eigenvalue weighted by Crippen LogP contribution is 2.23. The number of hydrogen-bond donors (Lipinski definition) is 0. The van der Waals surface area contributed by atoms with Crippen molar-refractivity contribution in [2.45, 2.75) is 79.1 Å². The smallest absolute Gasteiger partial charge is 0.428 e. The first kappa shape index (κ1) is 22.5. The van der Waals surface area contributed by atoms with Crippen molar-refractivity contribution in [1.82, 2.24) is 0 Å². The average molecular weight is 384 g/mol. The normalized spacial score (nSPS) is 14.4. The zero-order chi connectivity index (χ0) is 20.6. The van der Waals surface area contributed by atoms with Crippen LogP contribution in [-0.2, 0) is 33.6 Å². The van der Waals surface area contributed by atoms with E-state index in [0.29, 0.717) is 6.42 Å². The number of ketones is 1. The second-order valence-electron chi connectivity index (χ2n) is 6.93. The summed E-state index contributed by atoms with van der Waals surface area (Å²) in [7, 11) is 0. The van der Waals surface area contributed by atoms with Gasteiger partial charge in [-0.05, 0) is 46.6 Å². The van der Waals surface area contributed by atoms with Gasteiger partial charge >= 0.3 is 18.1 Å². The molecule has 0 aromatic rings. The molecule has 0 bridgehead atoms. The zero-order valence-corrected chi connectivity index (χ0v) is 16.7. The predicted molar refractivity (Wildman–Crippen MR) is 95.0 cm³/mol. The Morgan fingerprint density at radius 3 is 2.30 bits per heavy atom. The second kappa shape index (κ2) is 9.99. The third-order valence-corrected chi connectivity index (χ3v) is 3.79. The first-order valence-corrected chi connectivity index (χ1v) is 8.94. The maximum atomic E-state index is 12.0. The van der Waals surface area contributed by atoms with Crippen molar-refractivity contribution in [3.63, 3.8) is 0 Å². The van der Waals surface area contributed by atoms with Crippen LogP contribution in [0.3, 0.4) is 0 Å². The molecule has 1 rings (SSSR count). The van der Waals surface area contributed by atoms with Crippen molar-refractivity contribution in [2.24, 2.45) is 0 Å². The molecule has 1 fully saturated rings. The molecule has 0 spiro atoms. The molecule has 0 aliphatic carbocycles. The molecule has 0 aromatic heterocycles. The Hall–Kier alpha value is -2.51. The summed E-state index contributed by atoms with van der Waals surface area (Å²) >= 11 is 0. The Kier molecular flexibility index (Phi) is 8.33. The summed E-state index contributed by atoms with van der Waals surface area (Å²) in [6.07, 6.45) is 2.77. The Labute approximate surface area is 159 Å². The summed E-state index contributed by atoms with van der Waals surface area (Å²) in [4.78, 5) is 44.6. The maximum Gasteiger partial charge on any atom is 0.511 e. The molecule has 8 nitrogen and oxygen atoms in total. The summed E-state index contributed by atoms with van der Waals surface area (Å²) < 4.78 is 15.2. The van der Waals surface area contributed by atoms with E-state index in [-0.39, 0.29) is 17.1 Å². The summed E-state index contributed by atoms with van der Waals surface area (Å²) in [5.41, 5.74) is -0.388. The highest BCUT2D eigenvalue weighted by Gasteiger charge is 2.27. The van der Waals surface area contributed by atoms with E-state index in [0.717, 1.165) is 25.3 Å². The monoisotopic (exact) mass is 384 g/mol. The molecule has 1 aliphatic heterocycles. The molecule has 8 heteroatoms. The number of carbonyl (C=O) groups is 3. The number of hydrogen-bond acceptors (Lipinski definition) is 8. The standard InChI is InChI=1S/C19H28O8/c1-7-8-9-10-19(5,6)25-18(22)24-14(4)23-16(21)12(2)11-15(20)13(3)17-26-27-17/h11,14H,7-10H2,1-6H3/b12-11+. The van der Waals surface area contributed by atoms with E-state index in [9.17, 15) is 14.4 Å². The SMILES string of the molecule is CCCCCC(C)(C)OC(=O)OC(C)OC(=O)/C(C)=C/C(=O)C(C)=C1OO1. The van der Waals surface area contributed by atoms with Crippen LogP contribution in [0.4, 0.5) is 4.79 Å². The molecule has 0 N–H and O–H groups in total. The largest absolute Gasteiger partial charge is 0.511 e. The van der Waals surface area contributed by atoms with Gasteiger partial charge in [-0.3, -0.25) is 4.79 Å². The highest BCUT2D eigenvalue weighted by molar-refractivity contribution is 6.07. The van der Waals surface area contributed by atoms with Gasteiger partial charge < -0.3 is 14.2 Å². The summed E-state index contributed by atoms with van der Waals surface area (Å²) in [6, 6.07) is 0. The third kappa shape index (κ3) is 8.61. The lowest BCUT2D eigenvalue weighted by atomic mass is 10.0. The van der Waals surface area contributed by atoms with Crippen LogP contribution in [0.1, 0.15) is 67.2 Å². The molecule has 0 aromatic carbocycles. The molecular formula is C19H28O8. The number of allylic oxidation sites excluding steroid dienone is 2. The highest BCUT2D eigenvalue weighted by atomic mass is 17.4. The second-order valence-corrected chi connectivity index (χ2v) is 6.93. The maximum absolute atomic E-state index is 12.0. The molecule has 0 radical (unpaired) electrons. The number of esters is 1. The molecule has 0 amide bonds. The Balaban J connectivity index is 2.47. The van der Waals surface area contributed by atoms with Gasteiger partial charge in [0.25, 0.3) is 0 Å². The zero-order valence-electron chi connectivity index (χ0n) is 16.7. The van der Waals surface area contributed by atoms with Crippen LogP contribution in [0, 0.1) is 0 Å². The van der Waals surface area contributed by atoms with E-state index in [1.54, 1.807) is 13.8 Å². The quantitative estimate of drug-likeness (QED) is 0.138. The van der Waals surface area contributed by atoms with E-state index < -0.39 is 29.8 Å². The summed E-state index contributed by atoms with van der Waals surface area (Å²) in [6.45, 7) is 9.98. The van der Waals surface area contributed by atoms with Crippen LogP contribution in [0.5, 0.6) is 0 Å². The first-order chi connectivity index (χ1) is 12.6. The fraction of sp³-hybridized carbons (Fsp3) is 0.632. The Bertz CT molecular complexity index is 624. The van der Waals surface area contributed by atoms with Crippen LogP contribution in [-0.4, -0.2) is 29.8 Å². The van der Waals surface area contributed by atoms with Crippen molar-refractivity contribution in [3.8, 4) is 0 Å². The van der Waals surface area contributed by atoms with Gasteiger partial charge in [0, 0.05) is 12.5 Å². The summed E-state index contributed by atoms with van der Waals surface area (Å²) in [5.74, 6) is -1.11. The van der Waals surface area contributed by atoms with Crippen molar-refractivity contribution in [3.05, 3.63) is 23.2 Å². The van der Waals surface area contributed by atoms with Crippen molar-refractivity contribution < 1.29 is 38.4 Å². The molecular weight excluding hydrogens is 356 g/mol. The van der Waals surface area contributed by atoms with Gasteiger partial charge in [0.1, 0.15) is 5.60 Å². The predicted octanol–water partition coefficient (Wildman–Crippen LogP) is 4.10. The summed E-state index contributed by atoms with van der Waals surface area (Å²) in [5, 5.41) is 0. The van der Waals surface area contributed by atoms with Gasteiger partial charge in [-0.15, -0.1) is 0 Å². The Morgan fingerprint density at radius 1 is 1.11 bits per heavy atom. The fourth-order valence-electron chi connectivity index (χ4n) is 2.11. The molecule has 1 heterocycles. The van der Waals surface area contributed by atoms with E-state index in [1.807, 2.05) is 0 Å². The van der Waals surface area contributed by atoms with Crippen molar-refractivity contribution >= 4 is 17.9 Å². The molecule has 0 saturated carbocycles. The lowest BCUT2D eigenvalue weighted by Crippen LogP contribution is -2.31. The van der Waals surface area contributed by atoms with E-state index in [4.69, 9.17) is 14.2 Å². The van der Waals surface area contributed by atoms with Crippen LogP contribution >= 0.6 is 0 Å². The van der Waals surface area contributed by atoms with Gasteiger partial charge in [-0.1, -0.05) is 19.8 Å². The lowest BCUT2D eigenvalue weighted by Gasteiger charge is -2.25. The molecule has 152 valence electrons. The first-order valence-electron chi connectivity index (χ1n) is 8.94. The molecule has 1 aliphatic rings. The third-order valence-electron chi connectivity index (χ3n) is 3.79. The van der Waals surface area contributed by atoms with Gasteiger partial charge in [0.2, 0.25) is 6.29 Å². The molecule has 1 atom stereocenters. The molecule has 1 unspecified atom stereocenters. The number of unbranched alkanes of at least 4 members (excludes halogenated alkanes) is 2. The molecule has 27 heavy (non-hydrogen) atoms. The van der Waals surface area contributed by atoms with Crippen molar-refractivity contribution in [2.75, 3.05) is 0 Å². The van der Waals surface area contributed by atoms with Gasteiger partial charge in [-0.2, -0.15) is 0 Å². The van der Waals surface area contributed by atoms with Crippen molar-refractivity contribution in [1.29, 1.82) is 0 Å². The fourth-order valence-corrected chi connectivity index (χ4v) is 2.11. The van der Waals surface area contributed by atoms with E-state index in [1.165, 1.54) is 20.8 Å². The number of rotatable bonds is 10. The van der Waals surface area contributed by atoms with Crippen LogP contribution in [0.15, 0.2) is 23.2 Å². The van der Waals surface area contributed by atoms with Crippen LogP contribution in [0.25, 0.3) is 0 Å². The lowest BCUT2D eigenvalue weighted by molar-refractivity contribution is -0.165. The van der Waals surface area contributed by atoms with Crippen LogP contribution < -0.4 is 0 Å².